The highest BCUT2D eigenvalue weighted by Gasteiger charge is 2.03. The molecule has 20 heavy (non-hydrogen) atoms. The molecule has 0 aliphatic heterocycles. The van der Waals surface area contributed by atoms with Crippen LogP contribution in [-0.4, -0.2) is 11.2 Å². The van der Waals surface area contributed by atoms with Gasteiger partial charge in [-0.05, 0) is 30.3 Å². The van der Waals surface area contributed by atoms with Crippen LogP contribution < -0.4 is 5.43 Å². The summed E-state index contributed by atoms with van der Waals surface area (Å²) in [6, 6.07) is 11.8. The highest BCUT2D eigenvalue weighted by Crippen LogP contribution is 2.18. The van der Waals surface area contributed by atoms with Crippen molar-refractivity contribution in [1.29, 1.82) is 0 Å². The summed E-state index contributed by atoms with van der Waals surface area (Å²) < 4.78 is 18.9. The van der Waals surface area contributed by atoms with Crippen LogP contribution in [-0.2, 0) is 0 Å². The molecule has 0 fully saturated rings. The van der Waals surface area contributed by atoms with E-state index in [9.17, 15) is 4.39 Å². The Morgan fingerprint density at radius 3 is 2.95 bits per heavy atom. The van der Waals surface area contributed by atoms with E-state index in [1.807, 2.05) is 18.2 Å². The first-order valence-corrected chi connectivity index (χ1v) is 6.20. The smallest absolute Gasteiger partial charge is 0.316 e. The van der Waals surface area contributed by atoms with Crippen molar-refractivity contribution in [3.05, 3.63) is 58.9 Å². The van der Waals surface area contributed by atoms with Gasteiger partial charge in [0.15, 0.2) is 5.58 Å². The third kappa shape index (κ3) is 2.62. The molecule has 0 amide bonds. The van der Waals surface area contributed by atoms with E-state index in [0.717, 1.165) is 5.52 Å². The zero-order chi connectivity index (χ0) is 13.9. The lowest BCUT2D eigenvalue weighted by Crippen LogP contribution is -1.93. The Morgan fingerprint density at radius 1 is 1.25 bits per heavy atom. The van der Waals surface area contributed by atoms with Gasteiger partial charge in [0.25, 0.3) is 0 Å². The Balaban J connectivity index is 1.78. The van der Waals surface area contributed by atoms with E-state index in [1.54, 1.807) is 6.07 Å². The summed E-state index contributed by atoms with van der Waals surface area (Å²) in [6.45, 7) is 0. The van der Waals surface area contributed by atoms with Crippen LogP contribution >= 0.6 is 11.6 Å². The topological polar surface area (TPSA) is 50.4 Å². The zero-order valence-electron chi connectivity index (χ0n) is 10.2. The molecule has 0 aliphatic rings. The van der Waals surface area contributed by atoms with Gasteiger partial charge in [0.2, 0.25) is 0 Å². The molecule has 0 unspecified atom stereocenters. The Hall–Kier alpha value is -2.40. The van der Waals surface area contributed by atoms with E-state index in [1.165, 1.54) is 24.4 Å². The van der Waals surface area contributed by atoms with E-state index in [0.29, 0.717) is 10.6 Å². The van der Waals surface area contributed by atoms with E-state index >= 15 is 0 Å². The van der Waals surface area contributed by atoms with Gasteiger partial charge in [-0.15, -0.1) is 0 Å². The first kappa shape index (κ1) is 12.6. The monoisotopic (exact) mass is 289 g/mol. The number of fused-ring (bicyclic) bond motifs is 1. The number of rotatable bonds is 3. The van der Waals surface area contributed by atoms with Crippen LogP contribution in [0.3, 0.4) is 0 Å². The summed E-state index contributed by atoms with van der Waals surface area (Å²) in [6.07, 6.45) is 1.32. The molecule has 100 valence electrons. The van der Waals surface area contributed by atoms with Crippen molar-refractivity contribution >= 4 is 34.9 Å². The van der Waals surface area contributed by atoms with Gasteiger partial charge in [0.05, 0.1) is 6.21 Å². The predicted octanol–water partition coefficient (Wildman–Crippen LogP) is 4.07. The number of oxazole rings is 1. The van der Waals surface area contributed by atoms with Gasteiger partial charge < -0.3 is 4.42 Å². The molecule has 2 aromatic carbocycles. The number of benzene rings is 2. The van der Waals surface area contributed by atoms with Crippen LogP contribution in [0.5, 0.6) is 0 Å². The number of anilines is 1. The fourth-order valence-electron chi connectivity index (χ4n) is 1.69. The average Bonchev–Trinajstić information content (AvgIpc) is 2.85. The Labute approximate surface area is 118 Å². The van der Waals surface area contributed by atoms with E-state index in [-0.39, 0.29) is 11.6 Å². The predicted molar refractivity (Wildman–Crippen MR) is 76.6 cm³/mol. The van der Waals surface area contributed by atoms with Crippen molar-refractivity contribution in [3.63, 3.8) is 0 Å². The molecule has 1 aromatic heterocycles. The largest absolute Gasteiger partial charge is 0.422 e. The summed E-state index contributed by atoms with van der Waals surface area (Å²) >= 11 is 5.79. The maximum Gasteiger partial charge on any atom is 0.316 e. The molecule has 0 bridgehead atoms. The Bertz CT molecular complexity index is 752. The van der Waals surface area contributed by atoms with Gasteiger partial charge in [0.1, 0.15) is 11.3 Å². The lowest BCUT2D eigenvalue weighted by Gasteiger charge is -1.97. The normalized spacial score (nSPS) is 11.3. The molecular formula is C14H9ClFN3O. The number of halogens is 2. The molecule has 0 radical (unpaired) electrons. The van der Waals surface area contributed by atoms with E-state index in [4.69, 9.17) is 16.0 Å². The van der Waals surface area contributed by atoms with Crippen LogP contribution in [0.25, 0.3) is 11.1 Å². The maximum absolute atomic E-state index is 13.4. The lowest BCUT2D eigenvalue weighted by molar-refractivity contribution is 0.616. The third-order valence-corrected chi connectivity index (χ3v) is 2.85. The van der Waals surface area contributed by atoms with Crippen molar-refractivity contribution in [2.24, 2.45) is 5.10 Å². The van der Waals surface area contributed by atoms with E-state index in [2.05, 4.69) is 15.5 Å². The number of para-hydroxylation sites is 2. The minimum absolute atomic E-state index is 0.241. The summed E-state index contributed by atoms with van der Waals surface area (Å²) in [5, 5.41) is 4.32. The molecular weight excluding hydrogens is 281 g/mol. The fourth-order valence-corrected chi connectivity index (χ4v) is 1.87. The van der Waals surface area contributed by atoms with Crippen molar-refractivity contribution in [2.75, 3.05) is 5.43 Å². The first-order valence-electron chi connectivity index (χ1n) is 5.82. The van der Waals surface area contributed by atoms with Gasteiger partial charge in [-0.2, -0.15) is 10.1 Å². The number of hydrazone groups is 1. The second-order valence-corrected chi connectivity index (χ2v) is 4.46. The Morgan fingerprint density at radius 2 is 2.10 bits per heavy atom. The average molecular weight is 290 g/mol. The van der Waals surface area contributed by atoms with Gasteiger partial charge in [-0.1, -0.05) is 23.7 Å². The third-order valence-electron chi connectivity index (χ3n) is 2.62. The van der Waals surface area contributed by atoms with Crippen molar-refractivity contribution < 1.29 is 8.81 Å². The van der Waals surface area contributed by atoms with Crippen LogP contribution in [0.1, 0.15) is 5.56 Å². The van der Waals surface area contributed by atoms with E-state index < -0.39 is 5.82 Å². The SMILES string of the molecule is Fc1ccc(Cl)cc1C=NNc1nc2ccccc2o1. The van der Waals surface area contributed by atoms with Crippen molar-refractivity contribution in [2.45, 2.75) is 0 Å². The molecule has 1 heterocycles. The standard InChI is InChI=1S/C14H9ClFN3O/c15-10-5-6-11(16)9(7-10)8-17-19-14-18-12-3-1-2-4-13(12)20-14/h1-8H,(H,18,19). The van der Waals surface area contributed by atoms with Crippen LogP contribution in [0, 0.1) is 5.82 Å². The summed E-state index contributed by atoms with van der Waals surface area (Å²) in [5.41, 5.74) is 4.26. The highest BCUT2D eigenvalue weighted by atomic mass is 35.5. The second-order valence-electron chi connectivity index (χ2n) is 4.02. The number of aromatic nitrogens is 1. The minimum atomic E-state index is -0.405. The molecule has 0 spiro atoms. The summed E-state index contributed by atoms with van der Waals surface area (Å²) in [4.78, 5) is 4.17. The maximum atomic E-state index is 13.4. The van der Waals surface area contributed by atoms with Crippen LogP contribution in [0.4, 0.5) is 10.4 Å². The zero-order valence-corrected chi connectivity index (χ0v) is 10.9. The second kappa shape index (κ2) is 5.30. The van der Waals surface area contributed by atoms with Crippen LogP contribution in [0.15, 0.2) is 52.0 Å². The molecule has 3 rings (SSSR count). The van der Waals surface area contributed by atoms with Gasteiger partial charge in [0, 0.05) is 10.6 Å². The molecule has 1 N–H and O–H groups in total. The van der Waals surface area contributed by atoms with Gasteiger partial charge in [-0.3, -0.25) is 0 Å². The first-order chi connectivity index (χ1) is 9.72. The minimum Gasteiger partial charge on any atom is -0.422 e. The molecule has 6 heteroatoms. The molecule has 4 nitrogen and oxygen atoms in total. The van der Waals surface area contributed by atoms with Crippen molar-refractivity contribution in [1.82, 2.24) is 4.98 Å². The quantitative estimate of drug-likeness (QED) is 0.584. The lowest BCUT2D eigenvalue weighted by atomic mass is 10.2. The number of hydrogen-bond acceptors (Lipinski definition) is 4. The molecule has 0 saturated carbocycles. The number of nitrogens with one attached hydrogen (secondary N) is 1. The highest BCUT2D eigenvalue weighted by molar-refractivity contribution is 6.30. The Kier molecular flexibility index (Phi) is 3.35. The van der Waals surface area contributed by atoms with Gasteiger partial charge >= 0.3 is 6.01 Å². The molecule has 0 saturated heterocycles. The van der Waals surface area contributed by atoms with Crippen LogP contribution in [0.2, 0.25) is 5.02 Å². The molecule has 3 aromatic rings. The van der Waals surface area contributed by atoms with Crippen molar-refractivity contribution in [3.8, 4) is 0 Å². The number of hydrogen-bond donors (Lipinski definition) is 1. The summed E-state index contributed by atoms with van der Waals surface area (Å²) in [5.74, 6) is -0.405. The fraction of sp³-hybridized carbons (Fsp3) is 0. The van der Waals surface area contributed by atoms with Gasteiger partial charge in [-0.25, -0.2) is 9.82 Å². The molecule has 0 aliphatic carbocycles. The number of nitrogens with zero attached hydrogens (tertiary/aromatic N) is 2. The molecule has 0 atom stereocenters. The summed E-state index contributed by atoms with van der Waals surface area (Å²) in [7, 11) is 0.